The van der Waals surface area contributed by atoms with Gasteiger partial charge in [0.15, 0.2) is 0 Å². The molecule has 0 heterocycles. The van der Waals surface area contributed by atoms with Gasteiger partial charge in [-0.1, -0.05) is 84.9 Å². The van der Waals surface area contributed by atoms with Gasteiger partial charge in [0.2, 0.25) is 0 Å². The van der Waals surface area contributed by atoms with Gasteiger partial charge in [0.05, 0.1) is 0 Å². The fraction of sp³-hybridized carbons (Fsp3) is 0. The van der Waals surface area contributed by atoms with Crippen molar-refractivity contribution in [1.82, 2.24) is 5.32 Å². The van der Waals surface area contributed by atoms with Crippen LogP contribution in [0.2, 0.25) is 0 Å². The van der Waals surface area contributed by atoms with Crippen LogP contribution in [0, 0.1) is 5.41 Å². The molecule has 0 saturated carbocycles. The van der Waals surface area contributed by atoms with Crippen LogP contribution in [0.25, 0.3) is 11.1 Å². The van der Waals surface area contributed by atoms with Crippen molar-refractivity contribution in [3.63, 3.8) is 0 Å². The van der Waals surface area contributed by atoms with Gasteiger partial charge < -0.3 is 11.1 Å². The number of carbonyl (C=O) groups excluding carboxylic acids is 2. The molecule has 0 aliphatic carbocycles. The van der Waals surface area contributed by atoms with Crippen LogP contribution in [0.4, 0.5) is 0 Å². The molecule has 0 aliphatic heterocycles. The third-order valence-electron chi connectivity index (χ3n) is 5.20. The Morgan fingerprint density at radius 3 is 1.62 bits per heavy atom. The van der Waals surface area contributed by atoms with E-state index in [0.717, 1.165) is 11.1 Å². The van der Waals surface area contributed by atoms with Crippen molar-refractivity contribution in [3.05, 3.63) is 131 Å². The predicted molar refractivity (Wildman–Crippen MR) is 134 cm³/mol. The smallest absolute Gasteiger partial charge is 0.278 e. The molecule has 0 atom stereocenters. The molecule has 4 N–H and O–H groups in total. The molecule has 0 fully saturated rings. The highest BCUT2D eigenvalue weighted by molar-refractivity contribution is 6.11. The number of hydrogen-bond donors (Lipinski definition) is 3. The van der Waals surface area contributed by atoms with Crippen LogP contribution in [0.3, 0.4) is 0 Å². The summed E-state index contributed by atoms with van der Waals surface area (Å²) in [6.07, 6.45) is 0. The molecule has 0 saturated heterocycles. The highest BCUT2D eigenvalue weighted by Gasteiger charge is 2.11. The molecule has 0 spiro atoms. The number of carbonyl (C=O) groups is 2. The number of rotatable bonds is 5. The van der Waals surface area contributed by atoms with Gasteiger partial charge in [0, 0.05) is 22.3 Å². The Bertz CT molecular complexity index is 1350. The number of hydrogen-bond acceptors (Lipinski definition) is 3. The number of aliphatic imine (C=N–C) groups is 1. The summed E-state index contributed by atoms with van der Waals surface area (Å²) in [5.74, 6) is -0.551. The summed E-state index contributed by atoms with van der Waals surface area (Å²) in [7, 11) is 0. The van der Waals surface area contributed by atoms with Crippen LogP contribution in [0.5, 0.6) is 0 Å². The average molecular weight is 447 g/mol. The van der Waals surface area contributed by atoms with E-state index in [1.165, 1.54) is 0 Å². The van der Waals surface area contributed by atoms with Crippen LogP contribution < -0.4 is 11.1 Å². The van der Waals surface area contributed by atoms with Crippen LogP contribution >= 0.6 is 0 Å². The van der Waals surface area contributed by atoms with E-state index in [0.29, 0.717) is 22.3 Å². The highest BCUT2D eigenvalue weighted by atomic mass is 16.2. The first-order valence-corrected chi connectivity index (χ1v) is 10.6. The molecule has 4 rings (SSSR count). The highest BCUT2D eigenvalue weighted by Crippen LogP contribution is 2.21. The van der Waals surface area contributed by atoms with Crippen molar-refractivity contribution < 1.29 is 9.59 Å². The molecule has 0 aliphatic rings. The second-order valence-corrected chi connectivity index (χ2v) is 7.52. The van der Waals surface area contributed by atoms with Crippen LogP contribution in [-0.4, -0.2) is 23.5 Å². The third kappa shape index (κ3) is 5.31. The summed E-state index contributed by atoms with van der Waals surface area (Å²) in [5, 5.41) is 10.7. The van der Waals surface area contributed by atoms with Gasteiger partial charge in [-0.05, 0) is 35.4 Å². The summed E-state index contributed by atoms with van der Waals surface area (Å²) >= 11 is 0. The molecule has 34 heavy (non-hydrogen) atoms. The standard InChI is InChI=1S/C28H22N4O2/c29-25(21-7-3-1-4-8-21)31-27(33)23-15-11-19(12-16-23)20-13-17-24(18-14-20)28(34)32-26(30)22-9-5-2-6-10-22/h1-18H,(H2,29,31,33)(H2,30,32,34). The Morgan fingerprint density at radius 2 is 1.09 bits per heavy atom. The van der Waals surface area contributed by atoms with E-state index < -0.39 is 5.91 Å². The molecule has 2 amide bonds. The molecule has 4 aromatic rings. The van der Waals surface area contributed by atoms with E-state index in [2.05, 4.69) is 10.3 Å². The maximum absolute atomic E-state index is 12.5. The minimum Gasteiger partial charge on any atom is -0.383 e. The second kappa shape index (κ2) is 10.2. The molecule has 6 heteroatoms. The molecular weight excluding hydrogens is 424 g/mol. The van der Waals surface area contributed by atoms with Gasteiger partial charge in [0.25, 0.3) is 11.8 Å². The largest absolute Gasteiger partial charge is 0.383 e. The van der Waals surface area contributed by atoms with Crippen molar-refractivity contribution in [2.75, 3.05) is 0 Å². The molecular formula is C28H22N4O2. The first kappa shape index (κ1) is 22.4. The van der Waals surface area contributed by atoms with E-state index in [9.17, 15) is 9.59 Å². The number of nitrogens with two attached hydrogens (primary N) is 1. The van der Waals surface area contributed by atoms with Crippen LogP contribution in [-0.2, 0) is 0 Å². The molecule has 6 nitrogen and oxygen atoms in total. The maximum Gasteiger partial charge on any atom is 0.278 e. The zero-order valence-corrected chi connectivity index (χ0v) is 18.2. The van der Waals surface area contributed by atoms with Crippen molar-refractivity contribution in [2.45, 2.75) is 0 Å². The first-order chi connectivity index (χ1) is 16.5. The van der Waals surface area contributed by atoms with Crippen LogP contribution in [0.1, 0.15) is 31.8 Å². The lowest BCUT2D eigenvalue weighted by atomic mass is 10.0. The lowest BCUT2D eigenvalue weighted by Crippen LogP contribution is -2.30. The summed E-state index contributed by atoms with van der Waals surface area (Å²) < 4.78 is 0. The number of amidine groups is 2. The van der Waals surface area contributed by atoms with Crippen molar-refractivity contribution in [1.29, 1.82) is 5.41 Å². The number of nitrogens with one attached hydrogen (secondary N) is 2. The van der Waals surface area contributed by atoms with Gasteiger partial charge in [-0.15, -0.1) is 0 Å². The van der Waals surface area contributed by atoms with E-state index in [1.807, 2.05) is 60.7 Å². The lowest BCUT2D eigenvalue weighted by Gasteiger charge is -2.08. The Balaban J connectivity index is 1.42. The lowest BCUT2D eigenvalue weighted by molar-refractivity contribution is 0.0974. The summed E-state index contributed by atoms with van der Waals surface area (Å²) in [4.78, 5) is 28.9. The van der Waals surface area contributed by atoms with Crippen molar-refractivity contribution in [2.24, 2.45) is 10.7 Å². The average Bonchev–Trinajstić information content (AvgIpc) is 2.89. The van der Waals surface area contributed by atoms with E-state index in [1.54, 1.807) is 48.5 Å². The SMILES string of the molecule is N=C(NC(=O)c1ccc(-c2ccc(C(=O)N=C(N)c3ccccc3)cc2)cc1)c1ccccc1. The Kier molecular flexibility index (Phi) is 6.70. The Labute approximate surface area is 197 Å². The second-order valence-electron chi connectivity index (χ2n) is 7.52. The molecule has 0 unspecified atom stereocenters. The zero-order valence-electron chi connectivity index (χ0n) is 18.2. The Morgan fingerprint density at radius 1 is 0.618 bits per heavy atom. The molecule has 0 bridgehead atoms. The van der Waals surface area contributed by atoms with Gasteiger partial charge in [0.1, 0.15) is 11.7 Å². The topological polar surface area (TPSA) is 108 Å². The zero-order chi connectivity index (χ0) is 23.9. The third-order valence-corrected chi connectivity index (χ3v) is 5.20. The van der Waals surface area contributed by atoms with Gasteiger partial charge in [-0.3, -0.25) is 15.0 Å². The van der Waals surface area contributed by atoms with Crippen molar-refractivity contribution >= 4 is 23.5 Å². The van der Waals surface area contributed by atoms with Gasteiger partial charge >= 0.3 is 0 Å². The summed E-state index contributed by atoms with van der Waals surface area (Å²) in [5.41, 5.74) is 9.92. The predicted octanol–water partition coefficient (Wildman–Crippen LogP) is 4.65. The summed E-state index contributed by atoms with van der Waals surface area (Å²) in [6, 6.07) is 32.2. The molecule has 0 aromatic heterocycles. The monoisotopic (exact) mass is 446 g/mol. The minimum absolute atomic E-state index is 0.0468. The number of amides is 2. The van der Waals surface area contributed by atoms with E-state index in [4.69, 9.17) is 11.1 Å². The molecule has 166 valence electrons. The quantitative estimate of drug-likeness (QED) is 0.307. The van der Waals surface area contributed by atoms with Crippen molar-refractivity contribution in [3.8, 4) is 11.1 Å². The summed E-state index contributed by atoms with van der Waals surface area (Å²) in [6.45, 7) is 0. The number of nitrogens with zero attached hydrogens (tertiary/aromatic N) is 1. The molecule has 4 aromatic carbocycles. The minimum atomic E-state index is -0.416. The Hall–Kier alpha value is -4.84. The van der Waals surface area contributed by atoms with E-state index in [-0.39, 0.29) is 17.6 Å². The van der Waals surface area contributed by atoms with Gasteiger partial charge in [-0.25, -0.2) is 0 Å². The van der Waals surface area contributed by atoms with Crippen LogP contribution in [0.15, 0.2) is 114 Å². The van der Waals surface area contributed by atoms with Gasteiger partial charge in [-0.2, -0.15) is 4.99 Å². The molecule has 0 radical (unpaired) electrons. The normalized spacial score (nSPS) is 11.0. The fourth-order valence-electron chi connectivity index (χ4n) is 3.33. The maximum atomic E-state index is 12.5. The van der Waals surface area contributed by atoms with E-state index >= 15 is 0 Å². The number of benzene rings is 4. The fourth-order valence-corrected chi connectivity index (χ4v) is 3.33. The first-order valence-electron chi connectivity index (χ1n) is 10.6.